The van der Waals surface area contributed by atoms with E-state index in [9.17, 15) is 4.79 Å². The van der Waals surface area contributed by atoms with E-state index in [1.54, 1.807) is 6.07 Å². The number of rotatable bonds is 5. The number of nitrogens with one attached hydrogen (secondary N) is 1. The zero-order valence-electron chi connectivity index (χ0n) is 19.2. The first kappa shape index (κ1) is 21.3. The number of aryl methyl sites for hydroxylation is 2. The fraction of sp³-hybridized carbons (Fsp3) is 0.286. The normalized spacial score (nSPS) is 14.4. The SMILES string of the molecule is Cc1ccn2c(NC3CCCCC3)c(-c3ccc(OC(=O)c4ccccc4C)cc3)nc2c1. The highest BCUT2D eigenvalue weighted by molar-refractivity contribution is 5.92. The van der Waals surface area contributed by atoms with Crippen LogP contribution in [0.2, 0.25) is 0 Å². The second kappa shape index (κ2) is 9.10. The standard InChI is InChI=1S/C28H29N3O2/c1-19-16-17-31-25(18-19)30-26(27(31)29-22-9-4-3-5-10-22)21-12-14-23(15-13-21)33-28(32)24-11-7-6-8-20(24)2/h6-8,11-18,22,29H,3-5,9-10H2,1-2H3. The molecule has 2 heterocycles. The second-order valence-electron chi connectivity index (χ2n) is 8.95. The summed E-state index contributed by atoms with van der Waals surface area (Å²) in [7, 11) is 0. The van der Waals surface area contributed by atoms with Gasteiger partial charge in [0, 0.05) is 17.8 Å². The minimum absolute atomic E-state index is 0.344. The van der Waals surface area contributed by atoms with E-state index in [2.05, 4.69) is 35.0 Å². The third-order valence-electron chi connectivity index (χ3n) is 6.43. The quantitative estimate of drug-likeness (QED) is 0.282. The van der Waals surface area contributed by atoms with Gasteiger partial charge in [0.2, 0.25) is 0 Å². The Morgan fingerprint density at radius 3 is 2.52 bits per heavy atom. The number of hydrogen-bond donors (Lipinski definition) is 1. The summed E-state index contributed by atoms with van der Waals surface area (Å²) in [6.45, 7) is 3.99. The lowest BCUT2D eigenvalue weighted by molar-refractivity contribution is 0.0734. The molecule has 0 atom stereocenters. The van der Waals surface area contributed by atoms with Crippen LogP contribution < -0.4 is 10.1 Å². The summed E-state index contributed by atoms with van der Waals surface area (Å²) < 4.78 is 7.76. The molecule has 2 aromatic heterocycles. The van der Waals surface area contributed by atoms with E-state index >= 15 is 0 Å². The number of hydrogen-bond acceptors (Lipinski definition) is 4. The molecule has 0 saturated heterocycles. The minimum atomic E-state index is -0.344. The van der Waals surface area contributed by atoms with Crippen LogP contribution in [0.3, 0.4) is 0 Å². The average Bonchev–Trinajstić information content (AvgIpc) is 3.17. The van der Waals surface area contributed by atoms with E-state index in [0.29, 0.717) is 17.4 Å². The molecule has 1 aliphatic rings. The number of aromatic nitrogens is 2. The first-order valence-electron chi connectivity index (χ1n) is 11.7. The molecule has 2 aromatic carbocycles. The summed E-state index contributed by atoms with van der Waals surface area (Å²) in [4.78, 5) is 17.5. The van der Waals surface area contributed by atoms with Gasteiger partial charge in [0.25, 0.3) is 0 Å². The highest BCUT2D eigenvalue weighted by Crippen LogP contribution is 2.33. The number of anilines is 1. The molecule has 0 unspecified atom stereocenters. The zero-order valence-corrected chi connectivity index (χ0v) is 19.2. The fourth-order valence-electron chi connectivity index (χ4n) is 4.57. The van der Waals surface area contributed by atoms with Gasteiger partial charge in [-0.25, -0.2) is 9.78 Å². The van der Waals surface area contributed by atoms with Crippen molar-refractivity contribution in [1.29, 1.82) is 0 Å². The maximum atomic E-state index is 12.6. The fourth-order valence-corrected chi connectivity index (χ4v) is 4.57. The maximum absolute atomic E-state index is 12.6. The number of nitrogens with zero attached hydrogens (tertiary/aromatic N) is 2. The van der Waals surface area contributed by atoms with Crippen LogP contribution in [0.1, 0.15) is 53.6 Å². The third-order valence-corrected chi connectivity index (χ3v) is 6.43. The van der Waals surface area contributed by atoms with E-state index in [4.69, 9.17) is 9.72 Å². The molecule has 33 heavy (non-hydrogen) atoms. The molecule has 0 radical (unpaired) electrons. The van der Waals surface area contributed by atoms with Crippen molar-refractivity contribution in [2.24, 2.45) is 0 Å². The highest BCUT2D eigenvalue weighted by atomic mass is 16.5. The molecule has 168 valence electrons. The van der Waals surface area contributed by atoms with Gasteiger partial charge in [0.1, 0.15) is 22.9 Å². The number of esters is 1. The van der Waals surface area contributed by atoms with Gasteiger partial charge in [-0.05, 0) is 80.3 Å². The van der Waals surface area contributed by atoms with Crippen molar-refractivity contribution < 1.29 is 9.53 Å². The molecule has 5 heteroatoms. The van der Waals surface area contributed by atoms with Gasteiger partial charge < -0.3 is 10.1 Å². The molecule has 0 aliphatic heterocycles. The van der Waals surface area contributed by atoms with E-state index in [1.165, 1.54) is 37.7 Å². The lowest BCUT2D eigenvalue weighted by Crippen LogP contribution is -2.23. The second-order valence-corrected chi connectivity index (χ2v) is 8.95. The van der Waals surface area contributed by atoms with Crippen molar-refractivity contribution in [3.05, 3.63) is 83.6 Å². The Bertz CT molecular complexity index is 1280. The van der Waals surface area contributed by atoms with Crippen LogP contribution in [0.15, 0.2) is 66.9 Å². The number of carbonyl (C=O) groups is 1. The molecular weight excluding hydrogens is 410 g/mol. The van der Waals surface area contributed by atoms with Crippen molar-refractivity contribution >= 4 is 17.4 Å². The summed E-state index contributed by atoms with van der Waals surface area (Å²) in [6, 6.07) is 19.8. The number of carbonyl (C=O) groups excluding carboxylic acids is 1. The van der Waals surface area contributed by atoms with Crippen LogP contribution in [-0.4, -0.2) is 21.4 Å². The van der Waals surface area contributed by atoms with E-state index in [0.717, 1.165) is 28.3 Å². The van der Waals surface area contributed by atoms with Crippen molar-refractivity contribution in [2.75, 3.05) is 5.32 Å². The summed E-state index contributed by atoms with van der Waals surface area (Å²) >= 11 is 0. The topological polar surface area (TPSA) is 55.6 Å². The molecule has 1 N–H and O–H groups in total. The lowest BCUT2D eigenvalue weighted by atomic mass is 9.95. The summed E-state index contributed by atoms with van der Waals surface area (Å²) in [5, 5.41) is 3.78. The van der Waals surface area contributed by atoms with Gasteiger partial charge in [-0.3, -0.25) is 4.40 Å². The largest absolute Gasteiger partial charge is 0.423 e. The molecule has 1 aliphatic carbocycles. The van der Waals surface area contributed by atoms with Crippen LogP contribution >= 0.6 is 0 Å². The molecule has 1 saturated carbocycles. The van der Waals surface area contributed by atoms with Crippen LogP contribution in [0.4, 0.5) is 5.82 Å². The number of imidazole rings is 1. The molecule has 0 spiro atoms. The smallest absolute Gasteiger partial charge is 0.343 e. The third kappa shape index (κ3) is 4.49. The molecule has 1 fully saturated rings. The number of ether oxygens (including phenoxy) is 1. The van der Waals surface area contributed by atoms with Crippen LogP contribution in [0.5, 0.6) is 5.75 Å². The van der Waals surface area contributed by atoms with Gasteiger partial charge in [0.15, 0.2) is 0 Å². The number of benzene rings is 2. The molecular formula is C28H29N3O2. The molecule has 0 amide bonds. The first-order valence-corrected chi connectivity index (χ1v) is 11.7. The average molecular weight is 440 g/mol. The predicted molar refractivity (Wildman–Crippen MR) is 132 cm³/mol. The van der Waals surface area contributed by atoms with Crippen LogP contribution in [0, 0.1) is 13.8 Å². The number of pyridine rings is 1. The van der Waals surface area contributed by atoms with Crippen LogP contribution in [0.25, 0.3) is 16.9 Å². The molecule has 5 nitrogen and oxygen atoms in total. The van der Waals surface area contributed by atoms with E-state index < -0.39 is 0 Å². The predicted octanol–water partition coefficient (Wildman–Crippen LogP) is 6.58. The van der Waals surface area contributed by atoms with Crippen molar-refractivity contribution in [1.82, 2.24) is 9.38 Å². The number of fused-ring (bicyclic) bond motifs is 1. The molecule has 4 aromatic rings. The molecule has 0 bridgehead atoms. The molecule has 5 rings (SSSR count). The van der Waals surface area contributed by atoms with Gasteiger partial charge in [-0.15, -0.1) is 0 Å². The monoisotopic (exact) mass is 439 g/mol. The lowest BCUT2D eigenvalue weighted by Gasteiger charge is -2.24. The zero-order chi connectivity index (χ0) is 22.8. The Kier molecular flexibility index (Phi) is 5.86. The van der Waals surface area contributed by atoms with Crippen molar-refractivity contribution in [3.8, 4) is 17.0 Å². The summed E-state index contributed by atoms with van der Waals surface area (Å²) in [5.41, 5.74) is 5.50. The maximum Gasteiger partial charge on any atom is 0.343 e. The van der Waals surface area contributed by atoms with E-state index in [-0.39, 0.29) is 5.97 Å². The van der Waals surface area contributed by atoms with E-state index in [1.807, 2.05) is 49.4 Å². The van der Waals surface area contributed by atoms with Gasteiger partial charge in [-0.1, -0.05) is 37.5 Å². The Balaban J connectivity index is 1.44. The Labute approximate surface area is 194 Å². The Morgan fingerprint density at radius 1 is 1.00 bits per heavy atom. The van der Waals surface area contributed by atoms with Crippen molar-refractivity contribution in [3.63, 3.8) is 0 Å². The Morgan fingerprint density at radius 2 is 1.76 bits per heavy atom. The van der Waals surface area contributed by atoms with Crippen LogP contribution in [-0.2, 0) is 0 Å². The minimum Gasteiger partial charge on any atom is -0.423 e. The van der Waals surface area contributed by atoms with Gasteiger partial charge in [0.05, 0.1) is 5.56 Å². The Hall–Kier alpha value is -3.60. The first-order chi connectivity index (χ1) is 16.1. The van der Waals surface area contributed by atoms with Crippen molar-refractivity contribution in [2.45, 2.75) is 52.0 Å². The summed E-state index contributed by atoms with van der Waals surface area (Å²) in [6.07, 6.45) is 8.32. The summed E-state index contributed by atoms with van der Waals surface area (Å²) in [5.74, 6) is 1.21. The van der Waals surface area contributed by atoms with Gasteiger partial charge in [-0.2, -0.15) is 0 Å². The highest BCUT2D eigenvalue weighted by Gasteiger charge is 2.20. The van der Waals surface area contributed by atoms with Gasteiger partial charge >= 0.3 is 5.97 Å².